The van der Waals surface area contributed by atoms with Gasteiger partial charge in [0.25, 0.3) is 0 Å². The summed E-state index contributed by atoms with van der Waals surface area (Å²) in [5.41, 5.74) is 3.68. The molecule has 0 saturated carbocycles. The SMILES string of the molecule is Cc1ccc(OCCNC(=O)N2CCN(C/C=C/c3ccccc3)CC2)cc1C. The van der Waals surface area contributed by atoms with Gasteiger partial charge in [-0.25, -0.2) is 4.79 Å². The zero-order chi connectivity index (χ0) is 20.5. The lowest BCUT2D eigenvalue weighted by Crippen LogP contribution is -2.52. The fourth-order valence-corrected chi connectivity index (χ4v) is 3.28. The number of hydrogen-bond donors (Lipinski definition) is 1. The van der Waals surface area contributed by atoms with Crippen LogP contribution in [0, 0.1) is 13.8 Å². The van der Waals surface area contributed by atoms with E-state index in [2.05, 4.69) is 54.4 Å². The number of hydrogen-bond acceptors (Lipinski definition) is 3. The van der Waals surface area contributed by atoms with E-state index in [1.807, 2.05) is 35.2 Å². The molecule has 2 amide bonds. The molecule has 1 heterocycles. The maximum atomic E-state index is 12.3. The molecule has 1 aliphatic rings. The number of nitrogens with zero attached hydrogens (tertiary/aromatic N) is 2. The quantitative estimate of drug-likeness (QED) is 0.729. The molecule has 0 aromatic heterocycles. The van der Waals surface area contributed by atoms with Crippen LogP contribution in [0.4, 0.5) is 4.79 Å². The lowest BCUT2D eigenvalue weighted by atomic mass is 10.1. The molecule has 0 bridgehead atoms. The van der Waals surface area contributed by atoms with E-state index in [1.54, 1.807) is 0 Å². The minimum atomic E-state index is -0.00633. The fraction of sp³-hybridized carbons (Fsp3) is 0.375. The highest BCUT2D eigenvalue weighted by Crippen LogP contribution is 2.16. The van der Waals surface area contributed by atoms with E-state index in [0.29, 0.717) is 13.2 Å². The number of nitrogens with one attached hydrogen (secondary N) is 1. The third-order valence-electron chi connectivity index (χ3n) is 5.26. The van der Waals surface area contributed by atoms with Crippen molar-refractivity contribution in [1.82, 2.24) is 15.1 Å². The van der Waals surface area contributed by atoms with Crippen LogP contribution in [0.25, 0.3) is 6.08 Å². The van der Waals surface area contributed by atoms with Gasteiger partial charge in [0.2, 0.25) is 0 Å². The van der Waals surface area contributed by atoms with Crippen LogP contribution in [0.2, 0.25) is 0 Å². The van der Waals surface area contributed by atoms with Crippen LogP contribution < -0.4 is 10.1 Å². The molecule has 154 valence electrons. The van der Waals surface area contributed by atoms with Crippen LogP contribution in [-0.4, -0.2) is 61.7 Å². The molecule has 1 saturated heterocycles. The van der Waals surface area contributed by atoms with E-state index < -0.39 is 0 Å². The first-order valence-corrected chi connectivity index (χ1v) is 10.3. The second kappa shape index (κ2) is 10.7. The largest absolute Gasteiger partial charge is 0.492 e. The third-order valence-corrected chi connectivity index (χ3v) is 5.26. The minimum absolute atomic E-state index is 0.00633. The highest BCUT2D eigenvalue weighted by atomic mass is 16.5. The first-order valence-electron chi connectivity index (χ1n) is 10.3. The summed E-state index contributed by atoms with van der Waals surface area (Å²) in [4.78, 5) is 16.6. The predicted octanol–water partition coefficient (Wildman–Crippen LogP) is 3.72. The van der Waals surface area contributed by atoms with Crippen LogP contribution >= 0.6 is 0 Å². The summed E-state index contributed by atoms with van der Waals surface area (Å²) in [6.07, 6.45) is 4.34. The Kier molecular flexibility index (Phi) is 7.70. The van der Waals surface area contributed by atoms with E-state index in [4.69, 9.17) is 4.74 Å². The van der Waals surface area contributed by atoms with E-state index in [1.165, 1.54) is 16.7 Å². The van der Waals surface area contributed by atoms with Crippen LogP contribution in [0.3, 0.4) is 0 Å². The monoisotopic (exact) mass is 393 g/mol. The molecule has 1 aliphatic heterocycles. The van der Waals surface area contributed by atoms with Crippen LogP contribution in [0.15, 0.2) is 54.6 Å². The molecule has 1 N–H and O–H groups in total. The number of amides is 2. The second-order valence-corrected chi connectivity index (χ2v) is 7.43. The molecule has 5 nitrogen and oxygen atoms in total. The van der Waals surface area contributed by atoms with Crippen molar-refractivity contribution < 1.29 is 9.53 Å². The molecule has 5 heteroatoms. The Hall–Kier alpha value is -2.79. The molecule has 1 fully saturated rings. The minimum Gasteiger partial charge on any atom is -0.492 e. The van der Waals surface area contributed by atoms with Crippen molar-refractivity contribution >= 4 is 12.1 Å². The standard InChI is InChI=1S/C24H31N3O2/c1-20-10-11-23(19-21(20)2)29-18-12-25-24(28)27-16-14-26(15-17-27)13-6-9-22-7-4-3-5-8-22/h3-11,19H,12-18H2,1-2H3,(H,25,28)/b9-6+. The average molecular weight is 394 g/mol. The lowest BCUT2D eigenvalue weighted by Gasteiger charge is -2.34. The number of carbonyl (C=O) groups is 1. The first-order chi connectivity index (χ1) is 14.1. The molecule has 2 aromatic carbocycles. The molecule has 0 radical (unpaired) electrons. The summed E-state index contributed by atoms with van der Waals surface area (Å²) in [7, 11) is 0. The van der Waals surface area contributed by atoms with Crippen molar-refractivity contribution in [2.75, 3.05) is 45.9 Å². The highest BCUT2D eigenvalue weighted by Gasteiger charge is 2.19. The molecule has 0 atom stereocenters. The van der Waals surface area contributed by atoms with Gasteiger partial charge < -0.3 is 15.0 Å². The zero-order valence-corrected chi connectivity index (χ0v) is 17.4. The van der Waals surface area contributed by atoms with Crippen molar-refractivity contribution in [3.8, 4) is 5.75 Å². The fourth-order valence-electron chi connectivity index (χ4n) is 3.28. The molecule has 0 spiro atoms. The maximum Gasteiger partial charge on any atom is 0.317 e. The van der Waals surface area contributed by atoms with Crippen LogP contribution in [-0.2, 0) is 0 Å². The Morgan fingerprint density at radius 3 is 2.52 bits per heavy atom. The van der Waals surface area contributed by atoms with Gasteiger partial charge in [0.05, 0.1) is 6.54 Å². The van der Waals surface area contributed by atoms with Gasteiger partial charge in [-0.1, -0.05) is 48.6 Å². The number of piperazine rings is 1. The highest BCUT2D eigenvalue weighted by molar-refractivity contribution is 5.74. The molecule has 2 aromatic rings. The summed E-state index contributed by atoms with van der Waals surface area (Å²) in [6, 6.07) is 16.4. The van der Waals surface area contributed by atoms with Crippen molar-refractivity contribution in [2.24, 2.45) is 0 Å². The van der Waals surface area contributed by atoms with Gasteiger partial charge in [0, 0.05) is 32.7 Å². The van der Waals surface area contributed by atoms with E-state index >= 15 is 0 Å². The molecule has 3 rings (SSSR count). The summed E-state index contributed by atoms with van der Waals surface area (Å²) in [5, 5.41) is 2.96. The Morgan fingerprint density at radius 2 is 1.79 bits per heavy atom. The van der Waals surface area contributed by atoms with Crippen molar-refractivity contribution in [2.45, 2.75) is 13.8 Å². The Balaban J connectivity index is 1.31. The third kappa shape index (κ3) is 6.64. The van der Waals surface area contributed by atoms with Crippen molar-refractivity contribution in [1.29, 1.82) is 0 Å². The number of rotatable bonds is 7. The molecule has 29 heavy (non-hydrogen) atoms. The van der Waals surface area contributed by atoms with Gasteiger partial charge in [0.15, 0.2) is 0 Å². The average Bonchev–Trinajstić information content (AvgIpc) is 2.75. The van der Waals surface area contributed by atoms with Gasteiger partial charge in [-0.3, -0.25) is 4.90 Å². The van der Waals surface area contributed by atoms with Gasteiger partial charge in [-0.2, -0.15) is 0 Å². The second-order valence-electron chi connectivity index (χ2n) is 7.43. The molecular weight excluding hydrogens is 362 g/mol. The Labute approximate surface area is 174 Å². The van der Waals surface area contributed by atoms with Gasteiger partial charge in [-0.15, -0.1) is 0 Å². The van der Waals surface area contributed by atoms with Gasteiger partial charge >= 0.3 is 6.03 Å². The molecular formula is C24H31N3O2. The number of ether oxygens (including phenoxy) is 1. The number of aryl methyl sites for hydroxylation is 2. The Morgan fingerprint density at radius 1 is 1.03 bits per heavy atom. The van der Waals surface area contributed by atoms with Crippen molar-refractivity contribution in [3.05, 3.63) is 71.3 Å². The van der Waals surface area contributed by atoms with Crippen LogP contribution in [0.5, 0.6) is 5.75 Å². The topological polar surface area (TPSA) is 44.8 Å². The maximum absolute atomic E-state index is 12.3. The normalized spacial score (nSPS) is 14.9. The van der Waals surface area contributed by atoms with E-state index in [0.717, 1.165) is 38.5 Å². The number of urea groups is 1. The number of benzene rings is 2. The lowest BCUT2D eigenvalue weighted by molar-refractivity contribution is 0.145. The van der Waals surface area contributed by atoms with Crippen LogP contribution in [0.1, 0.15) is 16.7 Å². The van der Waals surface area contributed by atoms with Gasteiger partial charge in [0.1, 0.15) is 12.4 Å². The molecule has 0 unspecified atom stereocenters. The Bertz CT molecular complexity index is 812. The summed E-state index contributed by atoms with van der Waals surface area (Å²) in [6.45, 7) is 9.33. The zero-order valence-electron chi connectivity index (χ0n) is 17.4. The molecule has 0 aliphatic carbocycles. The predicted molar refractivity (Wildman–Crippen MR) is 118 cm³/mol. The first kappa shape index (κ1) is 20.9. The summed E-state index contributed by atoms with van der Waals surface area (Å²) in [5.74, 6) is 0.847. The van der Waals surface area contributed by atoms with Gasteiger partial charge in [-0.05, 0) is 42.7 Å². The van der Waals surface area contributed by atoms with Crippen molar-refractivity contribution in [3.63, 3.8) is 0 Å². The smallest absolute Gasteiger partial charge is 0.317 e. The summed E-state index contributed by atoms with van der Waals surface area (Å²) >= 11 is 0. The summed E-state index contributed by atoms with van der Waals surface area (Å²) < 4.78 is 5.73. The number of carbonyl (C=O) groups excluding carboxylic acids is 1. The van der Waals surface area contributed by atoms with E-state index in [-0.39, 0.29) is 6.03 Å². The van der Waals surface area contributed by atoms with E-state index in [9.17, 15) is 4.79 Å².